The molecule has 2 nitrogen and oxygen atoms in total. The standard InChI is InChI=1S/C14H20N2/c1-11-12-7-4-5-8-14(12)15-13(11)9-6-10-16(2)3/h4-5,7-8,15H,6,9-10H2,1-3H3. The lowest BCUT2D eigenvalue weighted by atomic mass is 10.1. The van der Waals surface area contributed by atoms with Crippen LogP contribution >= 0.6 is 0 Å². The van der Waals surface area contributed by atoms with Crippen LogP contribution in [-0.2, 0) is 6.42 Å². The number of benzene rings is 1. The number of aryl methyl sites for hydroxylation is 2. The summed E-state index contributed by atoms with van der Waals surface area (Å²) >= 11 is 0. The van der Waals surface area contributed by atoms with Crippen molar-refractivity contribution in [1.29, 1.82) is 0 Å². The van der Waals surface area contributed by atoms with E-state index in [9.17, 15) is 0 Å². The van der Waals surface area contributed by atoms with E-state index in [-0.39, 0.29) is 0 Å². The van der Waals surface area contributed by atoms with E-state index in [0.717, 1.165) is 13.0 Å². The van der Waals surface area contributed by atoms with E-state index in [1.807, 2.05) is 0 Å². The van der Waals surface area contributed by atoms with Crippen LogP contribution in [-0.4, -0.2) is 30.5 Å². The fraction of sp³-hybridized carbons (Fsp3) is 0.429. The minimum absolute atomic E-state index is 1.14. The zero-order chi connectivity index (χ0) is 11.5. The Bertz CT molecular complexity index is 469. The van der Waals surface area contributed by atoms with Crippen LogP contribution in [0.4, 0.5) is 0 Å². The van der Waals surface area contributed by atoms with Gasteiger partial charge in [0.05, 0.1) is 0 Å². The SMILES string of the molecule is Cc1c(CCCN(C)C)[nH]c2ccccc12. The Kier molecular flexibility index (Phi) is 3.30. The maximum Gasteiger partial charge on any atom is 0.0458 e. The summed E-state index contributed by atoms with van der Waals surface area (Å²) in [5.41, 5.74) is 4.07. The van der Waals surface area contributed by atoms with E-state index < -0.39 is 0 Å². The van der Waals surface area contributed by atoms with Gasteiger partial charge in [-0.25, -0.2) is 0 Å². The number of hydrogen-bond acceptors (Lipinski definition) is 1. The van der Waals surface area contributed by atoms with Crippen LogP contribution < -0.4 is 0 Å². The molecule has 0 fully saturated rings. The topological polar surface area (TPSA) is 19.0 Å². The van der Waals surface area contributed by atoms with Gasteiger partial charge in [-0.05, 0) is 52.0 Å². The highest BCUT2D eigenvalue weighted by molar-refractivity contribution is 5.84. The number of aromatic nitrogens is 1. The summed E-state index contributed by atoms with van der Waals surface area (Å²) in [7, 11) is 4.25. The Labute approximate surface area is 97.3 Å². The van der Waals surface area contributed by atoms with Crippen molar-refractivity contribution in [3.8, 4) is 0 Å². The summed E-state index contributed by atoms with van der Waals surface area (Å²) in [5, 5.41) is 1.36. The fourth-order valence-electron chi connectivity index (χ4n) is 2.16. The number of nitrogens with one attached hydrogen (secondary N) is 1. The maximum absolute atomic E-state index is 3.52. The van der Waals surface area contributed by atoms with Crippen molar-refractivity contribution < 1.29 is 0 Å². The molecule has 0 aliphatic heterocycles. The molecule has 1 N–H and O–H groups in total. The summed E-state index contributed by atoms with van der Waals surface area (Å²) in [5.74, 6) is 0. The number of H-pyrrole nitrogens is 1. The number of aromatic amines is 1. The first-order valence-corrected chi connectivity index (χ1v) is 5.89. The van der Waals surface area contributed by atoms with Crippen molar-refractivity contribution in [3.05, 3.63) is 35.5 Å². The molecule has 0 unspecified atom stereocenters. The molecule has 2 heteroatoms. The van der Waals surface area contributed by atoms with Gasteiger partial charge in [0.2, 0.25) is 0 Å². The molecule has 0 atom stereocenters. The van der Waals surface area contributed by atoms with Crippen LogP contribution in [0, 0.1) is 6.92 Å². The molecular weight excluding hydrogens is 196 g/mol. The predicted octanol–water partition coefficient (Wildman–Crippen LogP) is 2.97. The molecule has 0 amide bonds. The monoisotopic (exact) mass is 216 g/mol. The second kappa shape index (κ2) is 4.71. The molecule has 0 aliphatic rings. The van der Waals surface area contributed by atoms with Gasteiger partial charge in [0.1, 0.15) is 0 Å². The lowest BCUT2D eigenvalue weighted by molar-refractivity contribution is 0.399. The van der Waals surface area contributed by atoms with E-state index in [2.05, 4.69) is 55.2 Å². The first-order valence-electron chi connectivity index (χ1n) is 5.89. The van der Waals surface area contributed by atoms with Crippen LogP contribution in [0.5, 0.6) is 0 Å². The van der Waals surface area contributed by atoms with Gasteiger partial charge in [-0.1, -0.05) is 18.2 Å². The number of fused-ring (bicyclic) bond motifs is 1. The molecule has 2 aromatic rings. The van der Waals surface area contributed by atoms with Crippen molar-refractivity contribution in [3.63, 3.8) is 0 Å². The molecule has 0 saturated carbocycles. The van der Waals surface area contributed by atoms with Crippen molar-refractivity contribution in [2.45, 2.75) is 19.8 Å². The molecule has 1 aromatic heterocycles. The molecule has 16 heavy (non-hydrogen) atoms. The summed E-state index contributed by atoms with van der Waals surface area (Å²) in [6, 6.07) is 8.53. The van der Waals surface area contributed by atoms with Gasteiger partial charge in [-0.15, -0.1) is 0 Å². The lowest BCUT2D eigenvalue weighted by Gasteiger charge is -2.08. The van der Waals surface area contributed by atoms with E-state index in [0.29, 0.717) is 0 Å². The van der Waals surface area contributed by atoms with Gasteiger partial charge in [-0.3, -0.25) is 0 Å². The quantitative estimate of drug-likeness (QED) is 0.832. The van der Waals surface area contributed by atoms with Crippen molar-refractivity contribution in [1.82, 2.24) is 9.88 Å². The Hall–Kier alpha value is -1.28. The van der Waals surface area contributed by atoms with Gasteiger partial charge >= 0.3 is 0 Å². The van der Waals surface area contributed by atoms with Gasteiger partial charge in [0.15, 0.2) is 0 Å². The van der Waals surface area contributed by atoms with Crippen LogP contribution in [0.25, 0.3) is 10.9 Å². The summed E-state index contributed by atoms with van der Waals surface area (Å²) in [6.07, 6.45) is 2.35. The third-order valence-electron chi connectivity index (χ3n) is 3.10. The molecular formula is C14H20N2. The van der Waals surface area contributed by atoms with Crippen LogP contribution in [0.15, 0.2) is 24.3 Å². The zero-order valence-electron chi connectivity index (χ0n) is 10.4. The van der Waals surface area contributed by atoms with E-state index in [4.69, 9.17) is 0 Å². The molecule has 0 radical (unpaired) electrons. The first kappa shape index (κ1) is 11.2. The van der Waals surface area contributed by atoms with E-state index in [1.165, 1.54) is 28.6 Å². The highest BCUT2D eigenvalue weighted by atomic mass is 15.0. The second-order valence-corrected chi connectivity index (χ2v) is 4.68. The normalized spacial score (nSPS) is 11.5. The van der Waals surface area contributed by atoms with Crippen LogP contribution in [0.2, 0.25) is 0 Å². The first-order chi connectivity index (χ1) is 7.68. The molecule has 0 spiro atoms. The zero-order valence-corrected chi connectivity index (χ0v) is 10.4. The van der Waals surface area contributed by atoms with Gasteiger partial charge in [0.25, 0.3) is 0 Å². The van der Waals surface area contributed by atoms with Gasteiger partial charge < -0.3 is 9.88 Å². The highest BCUT2D eigenvalue weighted by Gasteiger charge is 2.06. The molecule has 0 aliphatic carbocycles. The summed E-state index contributed by atoms with van der Waals surface area (Å²) < 4.78 is 0. The Morgan fingerprint density at radius 1 is 1.19 bits per heavy atom. The molecule has 1 aromatic carbocycles. The number of hydrogen-bond donors (Lipinski definition) is 1. The average molecular weight is 216 g/mol. The van der Waals surface area contributed by atoms with Gasteiger partial charge in [-0.2, -0.15) is 0 Å². The van der Waals surface area contributed by atoms with E-state index >= 15 is 0 Å². The lowest BCUT2D eigenvalue weighted by Crippen LogP contribution is -2.13. The Morgan fingerprint density at radius 3 is 2.62 bits per heavy atom. The summed E-state index contributed by atoms with van der Waals surface area (Å²) in [4.78, 5) is 5.75. The Balaban J connectivity index is 2.15. The average Bonchev–Trinajstić information content (AvgIpc) is 2.56. The highest BCUT2D eigenvalue weighted by Crippen LogP contribution is 2.22. The summed E-state index contributed by atoms with van der Waals surface area (Å²) in [6.45, 7) is 3.36. The minimum Gasteiger partial charge on any atom is -0.358 e. The number of rotatable bonds is 4. The van der Waals surface area contributed by atoms with Crippen LogP contribution in [0.1, 0.15) is 17.7 Å². The predicted molar refractivity (Wildman–Crippen MR) is 69.9 cm³/mol. The molecule has 2 rings (SSSR count). The molecule has 1 heterocycles. The Morgan fingerprint density at radius 2 is 1.94 bits per heavy atom. The molecule has 0 bridgehead atoms. The maximum atomic E-state index is 3.52. The minimum atomic E-state index is 1.14. The third kappa shape index (κ3) is 2.27. The van der Waals surface area contributed by atoms with Gasteiger partial charge in [0, 0.05) is 16.6 Å². The molecule has 86 valence electrons. The second-order valence-electron chi connectivity index (χ2n) is 4.68. The smallest absolute Gasteiger partial charge is 0.0458 e. The van der Waals surface area contributed by atoms with Crippen LogP contribution in [0.3, 0.4) is 0 Å². The fourth-order valence-corrected chi connectivity index (χ4v) is 2.16. The van der Waals surface area contributed by atoms with Crippen molar-refractivity contribution in [2.24, 2.45) is 0 Å². The third-order valence-corrected chi connectivity index (χ3v) is 3.10. The largest absolute Gasteiger partial charge is 0.358 e. The van der Waals surface area contributed by atoms with Crippen molar-refractivity contribution in [2.75, 3.05) is 20.6 Å². The van der Waals surface area contributed by atoms with Crippen molar-refractivity contribution >= 4 is 10.9 Å². The number of para-hydroxylation sites is 1. The molecule has 0 saturated heterocycles. The number of nitrogens with zero attached hydrogens (tertiary/aromatic N) is 1. The van der Waals surface area contributed by atoms with E-state index in [1.54, 1.807) is 0 Å².